The Labute approximate surface area is 129 Å². The maximum Gasteiger partial charge on any atom is 0.416 e. The Morgan fingerprint density at radius 3 is 2.52 bits per heavy atom. The third-order valence-corrected chi connectivity index (χ3v) is 3.32. The number of pyridine rings is 1. The van der Waals surface area contributed by atoms with Gasteiger partial charge in [0.05, 0.1) is 17.8 Å². The molecule has 0 bridgehead atoms. The Hall–Kier alpha value is -2.83. The van der Waals surface area contributed by atoms with Gasteiger partial charge in [-0.2, -0.15) is 13.2 Å². The number of nitrogens with one attached hydrogen (secondary N) is 1. The van der Waals surface area contributed by atoms with Gasteiger partial charge in [-0.3, -0.25) is 4.79 Å². The van der Waals surface area contributed by atoms with E-state index in [1.54, 1.807) is 6.20 Å². The lowest BCUT2D eigenvalue weighted by atomic mass is 10.1. The molecular formula is C16H12F3N3O. The number of hydrogen-bond acceptors (Lipinski definition) is 2. The van der Waals surface area contributed by atoms with E-state index in [9.17, 15) is 18.0 Å². The number of alkyl halides is 3. The van der Waals surface area contributed by atoms with Crippen LogP contribution in [0.15, 0.2) is 54.9 Å². The highest BCUT2D eigenvalue weighted by atomic mass is 19.4. The number of amides is 1. The zero-order valence-corrected chi connectivity index (χ0v) is 11.8. The van der Waals surface area contributed by atoms with Gasteiger partial charge in [0.25, 0.3) is 5.91 Å². The standard InChI is InChI=1S/C16H12F3N3O/c17-16(18,19)12-6-4-11(5-7-12)15(23)20-9-13-10-22-8-2-1-3-14(22)21-13/h1-8,10H,9H2,(H,20,23). The fraction of sp³-hybridized carbons (Fsp3) is 0.125. The molecule has 7 heteroatoms. The van der Waals surface area contributed by atoms with E-state index in [2.05, 4.69) is 10.3 Å². The highest BCUT2D eigenvalue weighted by Gasteiger charge is 2.30. The largest absolute Gasteiger partial charge is 0.416 e. The van der Waals surface area contributed by atoms with Crippen molar-refractivity contribution in [3.63, 3.8) is 0 Å². The maximum atomic E-state index is 12.5. The van der Waals surface area contributed by atoms with E-state index < -0.39 is 17.6 Å². The number of rotatable bonds is 3. The number of halogens is 3. The number of benzene rings is 1. The van der Waals surface area contributed by atoms with Gasteiger partial charge >= 0.3 is 6.18 Å². The number of imidazole rings is 1. The van der Waals surface area contributed by atoms with Crippen LogP contribution >= 0.6 is 0 Å². The molecule has 0 aliphatic heterocycles. The SMILES string of the molecule is O=C(NCc1cn2ccccc2n1)c1ccc(C(F)(F)F)cc1. The van der Waals surface area contributed by atoms with E-state index in [0.717, 1.165) is 29.9 Å². The summed E-state index contributed by atoms with van der Waals surface area (Å²) in [4.78, 5) is 16.3. The van der Waals surface area contributed by atoms with Crippen LogP contribution in [-0.2, 0) is 12.7 Å². The third-order valence-electron chi connectivity index (χ3n) is 3.32. The number of carbonyl (C=O) groups is 1. The number of nitrogens with zero attached hydrogens (tertiary/aromatic N) is 2. The molecule has 3 rings (SSSR count). The predicted molar refractivity (Wildman–Crippen MR) is 77.8 cm³/mol. The summed E-state index contributed by atoms with van der Waals surface area (Å²) in [5.74, 6) is -0.448. The lowest BCUT2D eigenvalue weighted by Crippen LogP contribution is -2.23. The van der Waals surface area contributed by atoms with Crippen LogP contribution in [-0.4, -0.2) is 15.3 Å². The van der Waals surface area contributed by atoms with Crippen LogP contribution in [0.1, 0.15) is 21.6 Å². The number of aromatic nitrogens is 2. The fourth-order valence-corrected chi connectivity index (χ4v) is 2.16. The summed E-state index contributed by atoms with van der Waals surface area (Å²) < 4.78 is 39.3. The monoisotopic (exact) mass is 319 g/mol. The van der Waals surface area contributed by atoms with E-state index >= 15 is 0 Å². The van der Waals surface area contributed by atoms with Gasteiger partial charge in [-0.25, -0.2) is 4.98 Å². The van der Waals surface area contributed by atoms with Crippen LogP contribution < -0.4 is 5.32 Å². The topological polar surface area (TPSA) is 46.4 Å². The van der Waals surface area contributed by atoms with Crippen LogP contribution in [0.2, 0.25) is 0 Å². The lowest BCUT2D eigenvalue weighted by molar-refractivity contribution is -0.137. The molecule has 118 valence electrons. The van der Waals surface area contributed by atoms with Crippen LogP contribution in [0.5, 0.6) is 0 Å². The van der Waals surface area contributed by atoms with E-state index in [1.165, 1.54) is 0 Å². The van der Waals surface area contributed by atoms with Crippen LogP contribution in [0.25, 0.3) is 5.65 Å². The first-order valence-corrected chi connectivity index (χ1v) is 6.81. The summed E-state index contributed by atoms with van der Waals surface area (Å²) in [5, 5.41) is 2.64. The molecular weight excluding hydrogens is 307 g/mol. The van der Waals surface area contributed by atoms with Crippen molar-refractivity contribution in [1.82, 2.24) is 14.7 Å². The van der Waals surface area contributed by atoms with Crippen molar-refractivity contribution in [2.75, 3.05) is 0 Å². The molecule has 23 heavy (non-hydrogen) atoms. The average molecular weight is 319 g/mol. The van der Waals surface area contributed by atoms with Gasteiger partial charge in [-0.05, 0) is 36.4 Å². The summed E-state index contributed by atoms with van der Waals surface area (Å²) in [7, 11) is 0. The summed E-state index contributed by atoms with van der Waals surface area (Å²) in [6.45, 7) is 0.196. The molecule has 0 saturated carbocycles. The molecule has 0 aliphatic rings. The number of hydrogen-bond donors (Lipinski definition) is 1. The minimum absolute atomic E-state index is 0.168. The third kappa shape index (κ3) is 3.33. The summed E-state index contributed by atoms with van der Waals surface area (Å²) in [5.41, 5.74) is 0.805. The molecule has 3 aromatic rings. The second kappa shape index (κ2) is 5.75. The molecule has 1 amide bonds. The zero-order valence-electron chi connectivity index (χ0n) is 11.8. The second-order valence-electron chi connectivity index (χ2n) is 4.96. The first-order valence-electron chi connectivity index (χ1n) is 6.81. The molecule has 0 fully saturated rings. The molecule has 0 saturated heterocycles. The predicted octanol–water partition coefficient (Wildman–Crippen LogP) is 3.28. The lowest BCUT2D eigenvalue weighted by Gasteiger charge is -2.07. The van der Waals surface area contributed by atoms with Crippen molar-refractivity contribution in [1.29, 1.82) is 0 Å². The highest BCUT2D eigenvalue weighted by Crippen LogP contribution is 2.29. The molecule has 4 nitrogen and oxygen atoms in total. The molecule has 1 N–H and O–H groups in total. The smallest absolute Gasteiger partial charge is 0.346 e. The Balaban J connectivity index is 1.67. The van der Waals surface area contributed by atoms with E-state index in [1.807, 2.05) is 28.8 Å². The summed E-state index contributed by atoms with van der Waals surface area (Å²) in [6, 6.07) is 9.64. The highest BCUT2D eigenvalue weighted by molar-refractivity contribution is 5.94. The van der Waals surface area contributed by atoms with Crippen molar-refractivity contribution in [3.05, 3.63) is 71.7 Å². The van der Waals surface area contributed by atoms with Crippen molar-refractivity contribution < 1.29 is 18.0 Å². The first kappa shape index (κ1) is 15.1. The number of carbonyl (C=O) groups excluding carboxylic acids is 1. The average Bonchev–Trinajstić information content (AvgIpc) is 2.95. The van der Waals surface area contributed by atoms with E-state index in [0.29, 0.717) is 5.69 Å². The first-order chi connectivity index (χ1) is 10.9. The maximum absolute atomic E-state index is 12.5. The molecule has 2 aromatic heterocycles. The van der Waals surface area contributed by atoms with Gasteiger partial charge in [0, 0.05) is 18.0 Å². The van der Waals surface area contributed by atoms with Crippen LogP contribution in [0.3, 0.4) is 0 Å². The molecule has 1 aromatic carbocycles. The van der Waals surface area contributed by atoms with Crippen molar-refractivity contribution >= 4 is 11.6 Å². The van der Waals surface area contributed by atoms with E-state index in [-0.39, 0.29) is 12.1 Å². The van der Waals surface area contributed by atoms with Crippen molar-refractivity contribution in [3.8, 4) is 0 Å². The Kier molecular flexibility index (Phi) is 3.77. The van der Waals surface area contributed by atoms with Gasteiger partial charge in [-0.15, -0.1) is 0 Å². The van der Waals surface area contributed by atoms with E-state index in [4.69, 9.17) is 0 Å². The van der Waals surface area contributed by atoms with Crippen LogP contribution in [0.4, 0.5) is 13.2 Å². The molecule has 0 atom stereocenters. The van der Waals surface area contributed by atoms with Crippen LogP contribution in [0, 0.1) is 0 Å². The Morgan fingerprint density at radius 1 is 1.13 bits per heavy atom. The Morgan fingerprint density at radius 2 is 1.87 bits per heavy atom. The van der Waals surface area contributed by atoms with Gasteiger partial charge in [-0.1, -0.05) is 6.07 Å². The van der Waals surface area contributed by atoms with Gasteiger partial charge in [0.1, 0.15) is 5.65 Å². The second-order valence-corrected chi connectivity index (χ2v) is 4.96. The quantitative estimate of drug-likeness (QED) is 0.805. The minimum atomic E-state index is -4.41. The zero-order chi connectivity index (χ0) is 16.4. The molecule has 2 heterocycles. The molecule has 0 spiro atoms. The minimum Gasteiger partial charge on any atom is -0.346 e. The number of fused-ring (bicyclic) bond motifs is 1. The molecule has 0 unspecified atom stereocenters. The molecule has 0 aliphatic carbocycles. The normalized spacial score (nSPS) is 11.6. The summed E-state index contributed by atoms with van der Waals surface area (Å²) >= 11 is 0. The summed E-state index contributed by atoms with van der Waals surface area (Å²) in [6.07, 6.45) is -0.794. The van der Waals surface area contributed by atoms with Gasteiger partial charge < -0.3 is 9.72 Å². The van der Waals surface area contributed by atoms with Gasteiger partial charge in [0.15, 0.2) is 0 Å². The van der Waals surface area contributed by atoms with Crippen molar-refractivity contribution in [2.24, 2.45) is 0 Å². The van der Waals surface area contributed by atoms with Gasteiger partial charge in [0.2, 0.25) is 0 Å². The molecule has 0 radical (unpaired) electrons. The Bertz CT molecular complexity index is 805. The van der Waals surface area contributed by atoms with Crippen molar-refractivity contribution in [2.45, 2.75) is 12.7 Å². The fourth-order valence-electron chi connectivity index (χ4n) is 2.16.